The number of hydrogen-bond acceptors (Lipinski definition) is 6. The molecular weight excluding hydrogens is 306 g/mol. The summed E-state index contributed by atoms with van der Waals surface area (Å²) in [5, 5.41) is 2.64. The lowest BCUT2D eigenvalue weighted by Crippen LogP contribution is -2.05. The first kappa shape index (κ1) is 25.7. The fourth-order valence-corrected chi connectivity index (χ4v) is 0.770. The molecule has 1 aromatic rings. The summed E-state index contributed by atoms with van der Waals surface area (Å²) in [6.45, 7) is 1.47. The maximum absolute atomic E-state index is 10.6. The van der Waals surface area contributed by atoms with Crippen LogP contribution in [0.4, 0.5) is 20.8 Å². The molecule has 7 nitrogen and oxygen atoms in total. The van der Waals surface area contributed by atoms with Crippen molar-refractivity contribution in [3.05, 3.63) is 24.3 Å². The van der Waals surface area contributed by atoms with Crippen LogP contribution in [0.2, 0.25) is 0 Å². The first-order valence-corrected chi connectivity index (χ1v) is 5.31. The van der Waals surface area contributed by atoms with Crippen LogP contribution in [-0.2, 0) is 27.9 Å². The Labute approximate surface area is 114 Å². The molecule has 0 aliphatic rings. The number of anilines is 2. The second-order valence-electron chi connectivity index (χ2n) is 2.44. The summed E-state index contributed by atoms with van der Waals surface area (Å²) in [4.78, 5) is 10.6. The third-order valence-corrected chi connectivity index (χ3v) is 1.23. The number of nitrogens with one attached hydrogen (secondary N) is 1. The summed E-state index contributed by atoms with van der Waals surface area (Å²) >= 11 is -1.50. The molecule has 0 spiro atoms. The van der Waals surface area contributed by atoms with Gasteiger partial charge in [-0.3, -0.25) is 14.2 Å². The molecule has 0 aliphatic heterocycles. The molecule has 1 aromatic carbocycles. The molecule has 0 aromatic heterocycles. The molecule has 1 amide bonds. The molecular formula is C8H12F2N2O5S2. The molecule has 11 heteroatoms. The summed E-state index contributed by atoms with van der Waals surface area (Å²) in [6.07, 6.45) is 0. The van der Waals surface area contributed by atoms with Gasteiger partial charge in [0.05, 0.1) is 0 Å². The monoisotopic (exact) mass is 318 g/mol. The van der Waals surface area contributed by atoms with Gasteiger partial charge in [0.1, 0.15) is 0 Å². The Kier molecular flexibility index (Phi) is 24.9. The smallest absolute Gasteiger partial charge is 0.335 e. The maximum Gasteiger partial charge on any atom is 0.335 e. The lowest BCUT2D eigenvalue weighted by Gasteiger charge is -2.00. The number of nitrogen functional groups attached to an aromatic ring is 1. The van der Waals surface area contributed by atoms with Crippen LogP contribution >= 0.6 is 0 Å². The SMILES string of the molecule is CC(=O)Nc1ccc(N)cc1.F.F.O=S=O.O=S=O. The predicted octanol–water partition coefficient (Wildman–Crippen LogP) is 0.192. The Balaban J connectivity index is -0.000000122. The largest absolute Gasteiger partial charge is 0.399 e. The van der Waals surface area contributed by atoms with E-state index in [4.69, 9.17) is 22.6 Å². The normalized spacial score (nSPS) is 6.58. The predicted molar refractivity (Wildman–Crippen MR) is 68.0 cm³/mol. The van der Waals surface area contributed by atoms with E-state index in [1.54, 1.807) is 24.3 Å². The lowest BCUT2D eigenvalue weighted by atomic mass is 10.3. The number of halogens is 2. The van der Waals surface area contributed by atoms with Gasteiger partial charge in [-0.05, 0) is 24.3 Å². The third kappa shape index (κ3) is 21.8. The molecule has 0 radical (unpaired) electrons. The van der Waals surface area contributed by atoms with Crippen molar-refractivity contribution in [3.8, 4) is 0 Å². The maximum atomic E-state index is 10.6. The number of nitrogens with two attached hydrogens (primary N) is 1. The summed E-state index contributed by atoms with van der Waals surface area (Å²) in [6, 6.07) is 7.00. The first-order chi connectivity index (χ1) is 8.01. The zero-order valence-electron chi connectivity index (χ0n) is 9.56. The molecule has 0 fully saturated rings. The molecule has 0 heterocycles. The van der Waals surface area contributed by atoms with E-state index in [0.717, 1.165) is 5.69 Å². The van der Waals surface area contributed by atoms with Crippen molar-refractivity contribution < 1.29 is 31.0 Å². The molecule has 0 aliphatic carbocycles. The molecule has 3 N–H and O–H groups in total. The average Bonchev–Trinajstić information content (AvgIpc) is 2.23. The van der Waals surface area contributed by atoms with E-state index in [2.05, 4.69) is 5.32 Å². The summed E-state index contributed by atoms with van der Waals surface area (Å²) < 4.78 is 33.2. The standard InChI is InChI=1S/C8H10N2O.2FH.2O2S/c1-6(11)10-8-4-2-7(9)3-5-8;;;2*1-3-2/h2-5H,9H2,1H3,(H,10,11);2*1H;;. The Morgan fingerprint density at radius 3 is 1.58 bits per heavy atom. The fourth-order valence-electron chi connectivity index (χ4n) is 0.770. The van der Waals surface area contributed by atoms with Crippen molar-refractivity contribution in [2.75, 3.05) is 11.1 Å². The highest BCUT2D eigenvalue weighted by molar-refractivity contribution is 7.51. The molecule has 19 heavy (non-hydrogen) atoms. The molecule has 1 rings (SSSR count). The highest BCUT2D eigenvalue weighted by atomic mass is 32.1. The van der Waals surface area contributed by atoms with Crippen molar-refractivity contribution in [2.24, 2.45) is 0 Å². The Morgan fingerprint density at radius 1 is 1.00 bits per heavy atom. The van der Waals surface area contributed by atoms with Gasteiger partial charge in [-0.2, -0.15) is 16.8 Å². The van der Waals surface area contributed by atoms with Gasteiger partial charge in [0.2, 0.25) is 5.91 Å². The van der Waals surface area contributed by atoms with Crippen molar-refractivity contribution in [2.45, 2.75) is 6.92 Å². The second-order valence-corrected chi connectivity index (χ2v) is 2.71. The highest BCUT2D eigenvalue weighted by Crippen LogP contribution is 2.09. The molecule has 0 saturated heterocycles. The van der Waals surface area contributed by atoms with Crippen molar-refractivity contribution in [1.82, 2.24) is 0 Å². The molecule has 0 saturated carbocycles. The minimum absolute atomic E-state index is 0. The molecule has 0 bridgehead atoms. The van der Waals surface area contributed by atoms with Gasteiger partial charge < -0.3 is 11.1 Å². The van der Waals surface area contributed by atoms with Crippen LogP contribution < -0.4 is 11.1 Å². The molecule has 0 unspecified atom stereocenters. The van der Waals surface area contributed by atoms with E-state index in [9.17, 15) is 4.79 Å². The van der Waals surface area contributed by atoms with Crippen LogP contribution in [-0.4, -0.2) is 22.7 Å². The number of carbonyl (C=O) groups is 1. The van der Waals surface area contributed by atoms with Gasteiger partial charge in [-0.15, -0.1) is 0 Å². The number of carbonyl (C=O) groups excluding carboxylic acids is 1. The summed E-state index contributed by atoms with van der Waals surface area (Å²) in [5.74, 6) is -0.0743. The van der Waals surface area contributed by atoms with E-state index in [1.165, 1.54) is 6.92 Å². The lowest BCUT2D eigenvalue weighted by molar-refractivity contribution is -0.114. The number of rotatable bonds is 1. The Morgan fingerprint density at radius 2 is 1.32 bits per heavy atom. The van der Waals surface area contributed by atoms with E-state index in [-0.39, 0.29) is 15.3 Å². The number of amides is 1. The van der Waals surface area contributed by atoms with Crippen LogP contribution in [0, 0.1) is 0 Å². The van der Waals surface area contributed by atoms with Crippen LogP contribution in [0.5, 0.6) is 0 Å². The van der Waals surface area contributed by atoms with E-state index in [0.29, 0.717) is 5.69 Å². The minimum Gasteiger partial charge on any atom is -0.399 e. The number of benzene rings is 1. The molecule has 110 valence electrons. The quantitative estimate of drug-likeness (QED) is 0.713. The Bertz CT molecular complexity index is 406. The summed E-state index contributed by atoms with van der Waals surface area (Å²) in [7, 11) is 0. The van der Waals surface area contributed by atoms with Gasteiger partial charge in [0.25, 0.3) is 0 Å². The fraction of sp³-hybridized carbons (Fsp3) is 0.125. The van der Waals surface area contributed by atoms with Gasteiger partial charge in [0.15, 0.2) is 0 Å². The van der Waals surface area contributed by atoms with E-state index in [1.807, 2.05) is 0 Å². The van der Waals surface area contributed by atoms with Gasteiger partial charge in [-0.25, -0.2) is 0 Å². The highest BCUT2D eigenvalue weighted by Gasteiger charge is 1.92. The van der Waals surface area contributed by atoms with Gasteiger partial charge >= 0.3 is 23.1 Å². The zero-order chi connectivity index (χ0) is 13.7. The topological polar surface area (TPSA) is 123 Å². The van der Waals surface area contributed by atoms with Gasteiger partial charge in [0, 0.05) is 18.3 Å². The second kappa shape index (κ2) is 18.4. The first-order valence-electron chi connectivity index (χ1n) is 3.98. The van der Waals surface area contributed by atoms with Crippen molar-refractivity contribution in [3.63, 3.8) is 0 Å². The Hall–Kier alpha value is -2.01. The average molecular weight is 318 g/mol. The summed E-state index contributed by atoms with van der Waals surface area (Å²) in [5.41, 5.74) is 6.91. The molecule has 0 atom stereocenters. The van der Waals surface area contributed by atoms with Crippen LogP contribution in [0.1, 0.15) is 6.92 Å². The van der Waals surface area contributed by atoms with Crippen LogP contribution in [0.3, 0.4) is 0 Å². The number of hydrogen-bond donors (Lipinski definition) is 2. The van der Waals surface area contributed by atoms with E-state index < -0.39 is 23.1 Å². The van der Waals surface area contributed by atoms with Crippen molar-refractivity contribution >= 4 is 40.4 Å². The third-order valence-electron chi connectivity index (χ3n) is 1.23. The minimum atomic E-state index is -0.750. The van der Waals surface area contributed by atoms with E-state index >= 15 is 0 Å². The van der Waals surface area contributed by atoms with Crippen molar-refractivity contribution in [1.29, 1.82) is 0 Å². The van der Waals surface area contributed by atoms with Crippen LogP contribution in [0.25, 0.3) is 0 Å². The zero-order valence-corrected chi connectivity index (χ0v) is 11.2. The van der Waals surface area contributed by atoms with Crippen LogP contribution in [0.15, 0.2) is 24.3 Å². The van der Waals surface area contributed by atoms with Gasteiger partial charge in [-0.1, -0.05) is 0 Å².